The zero-order chi connectivity index (χ0) is 18.2. The summed E-state index contributed by atoms with van der Waals surface area (Å²) in [6, 6.07) is 18.3. The Bertz CT molecular complexity index is 671. The molecule has 1 amide bonds. The first-order chi connectivity index (χ1) is 12.0. The molecule has 25 heavy (non-hydrogen) atoms. The Labute approximate surface area is 150 Å². The quantitative estimate of drug-likeness (QED) is 0.684. The number of carbonyl (C=O) groups is 1. The van der Waals surface area contributed by atoms with E-state index in [0.717, 1.165) is 24.2 Å². The lowest BCUT2D eigenvalue weighted by Gasteiger charge is -2.23. The van der Waals surface area contributed by atoms with Crippen molar-refractivity contribution in [3.63, 3.8) is 0 Å². The number of nitrogens with one attached hydrogen (secondary N) is 2. The molecule has 0 radical (unpaired) electrons. The Morgan fingerprint density at radius 1 is 1.04 bits per heavy atom. The number of aliphatic hydroxyl groups excluding tert-OH is 1. The Balaban J connectivity index is 2.03. The summed E-state index contributed by atoms with van der Waals surface area (Å²) in [6.07, 6.45) is 0.376. The highest BCUT2D eigenvalue weighted by atomic mass is 16.3. The van der Waals surface area contributed by atoms with E-state index < -0.39 is 0 Å². The zero-order valence-electron chi connectivity index (χ0n) is 15.2. The van der Waals surface area contributed by atoms with E-state index in [9.17, 15) is 9.90 Å². The van der Waals surface area contributed by atoms with Gasteiger partial charge in [0, 0.05) is 25.2 Å². The normalized spacial score (nSPS) is 14.6. The average molecular weight is 340 g/mol. The molecule has 134 valence electrons. The molecule has 2 rings (SSSR count). The van der Waals surface area contributed by atoms with E-state index in [2.05, 4.69) is 35.8 Å². The molecule has 0 heterocycles. The van der Waals surface area contributed by atoms with Crippen LogP contribution < -0.4 is 10.6 Å². The first-order valence-electron chi connectivity index (χ1n) is 8.79. The van der Waals surface area contributed by atoms with Gasteiger partial charge in [0.15, 0.2) is 0 Å². The lowest BCUT2D eigenvalue weighted by atomic mass is 9.93. The van der Waals surface area contributed by atoms with Crippen molar-refractivity contribution < 1.29 is 9.90 Å². The molecule has 3 N–H and O–H groups in total. The SMILES string of the molecule is CC(=O)Nc1cccc([C@H](C)NC[C@@H](C[C@@H](C)O)c2ccccc2)c1. The van der Waals surface area contributed by atoms with E-state index in [4.69, 9.17) is 0 Å². The fraction of sp³-hybridized carbons (Fsp3) is 0.381. The number of rotatable bonds is 8. The minimum Gasteiger partial charge on any atom is -0.393 e. The number of amides is 1. The van der Waals surface area contributed by atoms with Crippen LogP contribution in [-0.4, -0.2) is 23.7 Å². The second-order valence-corrected chi connectivity index (χ2v) is 6.63. The third kappa shape index (κ3) is 6.33. The van der Waals surface area contributed by atoms with Gasteiger partial charge in [0.25, 0.3) is 0 Å². The van der Waals surface area contributed by atoms with E-state index in [-0.39, 0.29) is 24.0 Å². The van der Waals surface area contributed by atoms with Gasteiger partial charge in [0.1, 0.15) is 0 Å². The van der Waals surface area contributed by atoms with Crippen molar-refractivity contribution in [3.8, 4) is 0 Å². The third-order valence-electron chi connectivity index (χ3n) is 4.27. The van der Waals surface area contributed by atoms with Crippen molar-refractivity contribution in [2.45, 2.75) is 45.3 Å². The summed E-state index contributed by atoms with van der Waals surface area (Å²) in [4.78, 5) is 11.2. The summed E-state index contributed by atoms with van der Waals surface area (Å²) in [5.74, 6) is 0.181. The molecule has 2 aromatic rings. The molecular formula is C21H28N2O2. The lowest BCUT2D eigenvalue weighted by molar-refractivity contribution is -0.114. The van der Waals surface area contributed by atoms with Gasteiger partial charge in [-0.3, -0.25) is 4.79 Å². The lowest BCUT2D eigenvalue weighted by Crippen LogP contribution is -2.26. The van der Waals surface area contributed by atoms with Crippen LogP contribution in [-0.2, 0) is 4.79 Å². The summed E-state index contributed by atoms with van der Waals surface area (Å²) < 4.78 is 0. The summed E-state index contributed by atoms with van der Waals surface area (Å²) in [5.41, 5.74) is 3.16. The van der Waals surface area contributed by atoms with Crippen molar-refractivity contribution in [1.82, 2.24) is 5.32 Å². The first kappa shape index (κ1) is 19.2. The van der Waals surface area contributed by atoms with Gasteiger partial charge in [-0.15, -0.1) is 0 Å². The van der Waals surface area contributed by atoms with Crippen LogP contribution in [0.4, 0.5) is 5.69 Å². The summed E-state index contributed by atoms with van der Waals surface area (Å²) in [6.45, 7) is 6.23. The van der Waals surface area contributed by atoms with E-state index in [0.29, 0.717) is 0 Å². The maximum atomic E-state index is 11.2. The molecule has 0 saturated heterocycles. The number of hydrogen-bond acceptors (Lipinski definition) is 3. The van der Waals surface area contributed by atoms with E-state index in [1.807, 2.05) is 43.3 Å². The standard InChI is InChI=1S/C21H28N2O2/c1-15(24)12-20(18-8-5-4-6-9-18)14-22-16(2)19-10-7-11-21(13-19)23-17(3)25/h4-11,13,15-16,20,22,24H,12,14H2,1-3H3,(H,23,25)/t15-,16+,20-/m1/s1. The first-order valence-corrected chi connectivity index (χ1v) is 8.79. The zero-order valence-corrected chi connectivity index (χ0v) is 15.2. The predicted molar refractivity (Wildman–Crippen MR) is 103 cm³/mol. The van der Waals surface area contributed by atoms with Crippen LogP contribution in [0.3, 0.4) is 0 Å². The van der Waals surface area contributed by atoms with Gasteiger partial charge in [-0.1, -0.05) is 42.5 Å². The Hall–Kier alpha value is -2.17. The molecule has 0 fully saturated rings. The number of anilines is 1. The molecular weight excluding hydrogens is 312 g/mol. The molecule has 2 aromatic carbocycles. The number of aliphatic hydroxyl groups is 1. The van der Waals surface area contributed by atoms with Gasteiger partial charge in [-0.2, -0.15) is 0 Å². The topological polar surface area (TPSA) is 61.4 Å². The van der Waals surface area contributed by atoms with Crippen LogP contribution in [0.25, 0.3) is 0 Å². The van der Waals surface area contributed by atoms with Crippen molar-refractivity contribution in [2.24, 2.45) is 0 Å². The summed E-state index contributed by atoms with van der Waals surface area (Å²) in [7, 11) is 0. The fourth-order valence-electron chi connectivity index (χ4n) is 3.00. The van der Waals surface area contributed by atoms with Gasteiger partial charge in [-0.05, 0) is 49.4 Å². The van der Waals surface area contributed by atoms with Crippen LogP contribution in [0.5, 0.6) is 0 Å². The Kier molecular flexibility index (Phi) is 7.16. The second-order valence-electron chi connectivity index (χ2n) is 6.63. The largest absolute Gasteiger partial charge is 0.393 e. The minimum atomic E-state index is -0.342. The molecule has 0 aromatic heterocycles. The highest BCUT2D eigenvalue weighted by molar-refractivity contribution is 5.88. The van der Waals surface area contributed by atoms with Gasteiger partial charge in [0.05, 0.1) is 6.10 Å². The van der Waals surface area contributed by atoms with Crippen LogP contribution in [0.1, 0.15) is 50.3 Å². The average Bonchev–Trinajstić information content (AvgIpc) is 2.58. The number of carbonyl (C=O) groups excluding carboxylic acids is 1. The highest BCUT2D eigenvalue weighted by Gasteiger charge is 2.16. The monoisotopic (exact) mass is 340 g/mol. The van der Waals surface area contributed by atoms with Crippen LogP contribution in [0, 0.1) is 0 Å². The molecule has 3 atom stereocenters. The molecule has 0 saturated carbocycles. The summed E-state index contributed by atoms with van der Waals surface area (Å²) >= 11 is 0. The van der Waals surface area contributed by atoms with Crippen molar-refractivity contribution >= 4 is 11.6 Å². The molecule has 0 aliphatic rings. The van der Waals surface area contributed by atoms with E-state index >= 15 is 0 Å². The maximum Gasteiger partial charge on any atom is 0.221 e. The van der Waals surface area contributed by atoms with Crippen molar-refractivity contribution in [1.29, 1.82) is 0 Å². The molecule has 4 nitrogen and oxygen atoms in total. The van der Waals surface area contributed by atoms with Crippen LogP contribution >= 0.6 is 0 Å². The molecule has 0 unspecified atom stereocenters. The fourth-order valence-corrected chi connectivity index (χ4v) is 3.00. The Morgan fingerprint density at radius 3 is 2.36 bits per heavy atom. The number of hydrogen-bond donors (Lipinski definition) is 3. The van der Waals surface area contributed by atoms with Gasteiger partial charge in [-0.25, -0.2) is 0 Å². The highest BCUT2D eigenvalue weighted by Crippen LogP contribution is 2.23. The van der Waals surface area contributed by atoms with Gasteiger partial charge < -0.3 is 15.7 Å². The number of benzene rings is 2. The molecule has 0 aliphatic carbocycles. The molecule has 0 aliphatic heterocycles. The van der Waals surface area contributed by atoms with Crippen molar-refractivity contribution in [2.75, 3.05) is 11.9 Å². The minimum absolute atomic E-state index is 0.0705. The van der Waals surface area contributed by atoms with Crippen LogP contribution in [0.2, 0.25) is 0 Å². The van der Waals surface area contributed by atoms with E-state index in [1.54, 1.807) is 0 Å². The molecule has 0 bridgehead atoms. The molecule has 0 spiro atoms. The maximum absolute atomic E-state index is 11.2. The van der Waals surface area contributed by atoms with Crippen molar-refractivity contribution in [3.05, 3.63) is 65.7 Å². The molecule has 4 heteroatoms. The van der Waals surface area contributed by atoms with Gasteiger partial charge in [0.2, 0.25) is 5.91 Å². The van der Waals surface area contributed by atoms with Crippen LogP contribution in [0.15, 0.2) is 54.6 Å². The Morgan fingerprint density at radius 2 is 1.72 bits per heavy atom. The second kappa shape index (κ2) is 9.35. The smallest absolute Gasteiger partial charge is 0.221 e. The summed E-state index contributed by atoms with van der Waals surface area (Å²) in [5, 5.41) is 16.2. The third-order valence-corrected chi connectivity index (χ3v) is 4.27. The van der Waals surface area contributed by atoms with Gasteiger partial charge >= 0.3 is 0 Å². The predicted octanol–water partition coefficient (Wildman–Crippen LogP) is 3.85. The van der Waals surface area contributed by atoms with E-state index in [1.165, 1.54) is 12.5 Å².